The number of nitrogens with zero attached hydrogens (tertiary/aromatic N) is 3. The molecule has 2 aromatic carbocycles. The molecule has 0 saturated carbocycles. The lowest BCUT2D eigenvalue weighted by atomic mass is 9.85. The van der Waals surface area contributed by atoms with E-state index in [1.54, 1.807) is 42.2 Å². The maximum absolute atomic E-state index is 12.4. The second-order valence-corrected chi connectivity index (χ2v) is 11.7. The van der Waals surface area contributed by atoms with Gasteiger partial charge in [0, 0.05) is 63.8 Å². The fourth-order valence-electron chi connectivity index (χ4n) is 6.25. The van der Waals surface area contributed by atoms with Gasteiger partial charge in [0.15, 0.2) is 11.6 Å². The first kappa shape index (κ1) is 32.3. The van der Waals surface area contributed by atoms with Crippen LogP contribution in [0.1, 0.15) is 74.1 Å². The summed E-state index contributed by atoms with van der Waals surface area (Å²) in [5.74, 6) is -0.355. The second kappa shape index (κ2) is 13.4. The van der Waals surface area contributed by atoms with Crippen molar-refractivity contribution in [2.75, 3.05) is 36.4 Å². The molecule has 1 spiro atoms. The molecule has 0 unspecified atom stereocenters. The van der Waals surface area contributed by atoms with Crippen molar-refractivity contribution in [2.45, 2.75) is 64.5 Å². The molecule has 0 aliphatic carbocycles. The zero-order valence-electron chi connectivity index (χ0n) is 25.8. The number of Topliss-reactive ketones (excluding diaryl/α,β-unsaturated/α-hetero) is 1. The van der Waals surface area contributed by atoms with Gasteiger partial charge in [0.1, 0.15) is 11.8 Å². The minimum absolute atomic E-state index is 0.0407. The van der Waals surface area contributed by atoms with Crippen LogP contribution in [0.4, 0.5) is 11.4 Å². The summed E-state index contributed by atoms with van der Waals surface area (Å²) in [6, 6.07) is 14.4. The summed E-state index contributed by atoms with van der Waals surface area (Å²) in [5.41, 5.74) is 1.20. The highest BCUT2D eigenvalue weighted by atomic mass is 16.2. The van der Waals surface area contributed by atoms with Crippen LogP contribution in [0, 0.1) is 0 Å². The quantitative estimate of drug-likeness (QED) is 0.415. The van der Waals surface area contributed by atoms with Crippen LogP contribution in [0.25, 0.3) is 0 Å². The van der Waals surface area contributed by atoms with Gasteiger partial charge in [-0.1, -0.05) is 30.3 Å². The highest BCUT2D eigenvalue weighted by Crippen LogP contribution is 2.35. The third-order valence-corrected chi connectivity index (χ3v) is 8.81. The van der Waals surface area contributed by atoms with Gasteiger partial charge in [-0.25, -0.2) is 0 Å². The van der Waals surface area contributed by atoms with Gasteiger partial charge in [-0.15, -0.1) is 0 Å². The SMILES string of the molecule is CC(=O)N1CCC2(C=CC(=O)c3ccccc3N2)CC1.CC(=O)c1ccccc1N(C(C)=O)C1(C=O)CCN(C(C)=O)CC1. The molecule has 10 nitrogen and oxygen atoms in total. The van der Waals surface area contributed by atoms with Crippen LogP contribution in [0.3, 0.4) is 0 Å². The third-order valence-electron chi connectivity index (χ3n) is 8.81. The minimum Gasteiger partial charge on any atom is -0.375 e. The summed E-state index contributed by atoms with van der Waals surface area (Å²) in [5, 5.41) is 3.52. The predicted octanol–water partition coefficient (Wildman–Crippen LogP) is 4.05. The number of piperidine rings is 2. The Balaban J connectivity index is 0.000000204. The van der Waals surface area contributed by atoms with Crippen molar-refractivity contribution in [3.05, 3.63) is 71.8 Å². The molecule has 2 fully saturated rings. The smallest absolute Gasteiger partial charge is 0.224 e. The Bertz CT molecular complexity index is 1480. The summed E-state index contributed by atoms with van der Waals surface area (Å²) < 4.78 is 0. The zero-order chi connectivity index (χ0) is 32.1. The molecule has 2 saturated heterocycles. The monoisotopic (exact) mass is 600 g/mol. The normalized spacial score (nSPS) is 18.1. The lowest BCUT2D eigenvalue weighted by Crippen LogP contribution is -2.59. The van der Waals surface area contributed by atoms with E-state index in [9.17, 15) is 28.8 Å². The van der Waals surface area contributed by atoms with Crippen molar-refractivity contribution in [2.24, 2.45) is 0 Å². The van der Waals surface area contributed by atoms with E-state index in [0.29, 0.717) is 37.2 Å². The van der Waals surface area contributed by atoms with E-state index in [2.05, 4.69) is 5.32 Å². The first-order valence-electron chi connectivity index (χ1n) is 14.9. The Morgan fingerprint density at radius 1 is 0.795 bits per heavy atom. The maximum atomic E-state index is 12.4. The van der Waals surface area contributed by atoms with Crippen molar-refractivity contribution < 1.29 is 28.8 Å². The number of likely N-dealkylation sites (tertiary alicyclic amines) is 2. The minimum atomic E-state index is -1.04. The van der Waals surface area contributed by atoms with Gasteiger partial charge < -0.3 is 19.9 Å². The van der Waals surface area contributed by atoms with Gasteiger partial charge >= 0.3 is 0 Å². The van der Waals surface area contributed by atoms with Crippen LogP contribution in [0.2, 0.25) is 0 Å². The Hall–Kier alpha value is -4.60. The lowest BCUT2D eigenvalue weighted by molar-refractivity contribution is -0.132. The number of fused-ring (bicyclic) bond motifs is 1. The molecular weight excluding hydrogens is 560 g/mol. The predicted molar refractivity (Wildman–Crippen MR) is 168 cm³/mol. The van der Waals surface area contributed by atoms with Crippen molar-refractivity contribution in [1.29, 1.82) is 0 Å². The largest absolute Gasteiger partial charge is 0.375 e. The summed E-state index contributed by atoms with van der Waals surface area (Å²) >= 11 is 0. The number of allylic oxidation sites excluding steroid dienone is 1. The van der Waals surface area contributed by atoms with Crippen LogP contribution in [0.15, 0.2) is 60.7 Å². The Morgan fingerprint density at radius 2 is 1.34 bits per heavy atom. The van der Waals surface area contributed by atoms with Gasteiger partial charge in [-0.2, -0.15) is 0 Å². The molecule has 3 amide bonds. The van der Waals surface area contributed by atoms with E-state index >= 15 is 0 Å². The topological polar surface area (TPSA) is 124 Å². The fourth-order valence-corrected chi connectivity index (χ4v) is 6.25. The number of amides is 3. The number of hydrogen-bond donors (Lipinski definition) is 1. The number of ketones is 2. The first-order chi connectivity index (χ1) is 20.9. The van der Waals surface area contributed by atoms with Gasteiger partial charge in [0.05, 0.1) is 11.2 Å². The van der Waals surface area contributed by atoms with Crippen molar-refractivity contribution in [1.82, 2.24) is 9.80 Å². The van der Waals surface area contributed by atoms with Gasteiger partial charge in [0.25, 0.3) is 0 Å². The average Bonchev–Trinajstić information content (AvgIpc) is 3.14. The van der Waals surface area contributed by atoms with Gasteiger partial charge in [-0.3, -0.25) is 28.9 Å². The molecule has 44 heavy (non-hydrogen) atoms. The van der Waals surface area contributed by atoms with Gasteiger partial charge in [-0.05, 0) is 62.9 Å². The maximum Gasteiger partial charge on any atom is 0.224 e. The van der Waals surface area contributed by atoms with Crippen molar-refractivity contribution >= 4 is 46.9 Å². The molecule has 3 heterocycles. The Labute approximate surface area is 258 Å². The number of para-hydroxylation sites is 2. The fraction of sp³-hybridized carbons (Fsp3) is 0.412. The van der Waals surface area contributed by atoms with E-state index < -0.39 is 5.54 Å². The van der Waals surface area contributed by atoms with Crippen LogP contribution < -0.4 is 10.2 Å². The number of rotatable bonds is 4. The molecule has 10 heteroatoms. The number of carbonyl (C=O) groups is 6. The Morgan fingerprint density at radius 3 is 1.89 bits per heavy atom. The number of aldehydes is 1. The van der Waals surface area contributed by atoms with Crippen LogP contribution in [-0.4, -0.2) is 82.6 Å². The Kier molecular flexibility index (Phi) is 9.81. The molecule has 0 atom stereocenters. The summed E-state index contributed by atoms with van der Waals surface area (Å²) in [4.78, 5) is 76.3. The van der Waals surface area contributed by atoms with E-state index in [-0.39, 0.29) is 34.8 Å². The molecule has 0 radical (unpaired) electrons. The molecule has 1 N–H and O–H groups in total. The van der Waals surface area contributed by atoms with Crippen molar-refractivity contribution in [3.8, 4) is 0 Å². The molecule has 2 aromatic rings. The number of carbonyl (C=O) groups excluding carboxylic acids is 6. The third kappa shape index (κ3) is 6.79. The summed E-state index contributed by atoms with van der Waals surface area (Å²) in [6.45, 7) is 8.17. The van der Waals surface area contributed by atoms with Crippen LogP contribution in [-0.2, 0) is 19.2 Å². The number of anilines is 2. The molecule has 0 bridgehead atoms. The molecule has 3 aliphatic rings. The highest BCUT2D eigenvalue weighted by Gasteiger charge is 2.43. The number of hydrogen-bond acceptors (Lipinski definition) is 7. The summed E-state index contributed by atoms with van der Waals surface area (Å²) in [6.07, 6.45) is 6.77. The molecule has 232 valence electrons. The van der Waals surface area contributed by atoms with E-state index in [0.717, 1.165) is 43.5 Å². The molecule has 5 rings (SSSR count). The standard InChI is InChI=1S/C18H22N2O4.C16H18N2O2/c1-13(22)16-6-4-5-7-17(16)20(15(3)24)18(12-21)8-10-19(11-9-18)14(2)23;1-12(19)18-10-8-16(9-11-18)7-6-15(20)13-4-2-3-5-14(13)17-16/h4-7,12H,8-11H2,1-3H3;2-7,17H,8-11H2,1H3. The van der Waals surface area contributed by atoms with Crippen LogP contribution >= 0.6 is 0 Å². The summed E-state index contributed by atoms with van der Waals surface area (Å²) in [7, 11) is 0. The van der Waals surface area contributed by atoms with Crippen molar-refractivity contribution in [3.63, 3.8) is 0 Å². The van der Waals surface area contributed by atoms with E-state index in [4.69, 9.17) is 0 Å². The molecule has 0 aromatic heterocycles. The lowest BCUT2D eigenvalue weighted by Gasteiger charge is -2.45. The van der Waals surface area contributed by atoms with Gasteiger partial charge in [0.2, 0.25) is 17.7 Å². The van der Waals surface area contributed by atoms with E-state index in [1.807, 2.05) is 35.2 Å². The average molecular weight is 601 g/mol. The molecule has 3 aliphatic heterocycles. The highest BCUT2D eigenvalue weighted by molar-refractivity contribution is 6.09. The second-order valence-electron chi connectivity index (χ2n) is 11.7. The number of benzene rings is 2. The van der Waals surface area contributed by atoms with E-state index in [1.165, 1.54) is 25.7 Å². The first-order valence-corrected chi connectivity index (χ1v) is 14.9. The van der Waals surface area contributed by atoms with Crippen LogP contribution in [0.5, 0.6) is 0 Å². The molecular formula is C34H40N4O6. The zero-order valence-corrected chi connectivity index (χ0v) is 25.8. The number of nitrogens with one attached hydrogen (secondary N) is 1.